The van der Waals surface area contributed by atoms with Crippen molar-refractivity contribution in [2.45, 2.75) is 24.9 Å². The van der Waals surface area contributed by atoms with Gasteiger partial charge in [0.15, 0.2) is 0 Å². The fraction of sp³-hybridized carbons (Fsp3) is 0.667. The summed E-state index contributed by atoms with van der Waals surface area (Å²) < 4.78 is 26.4. The maximum Gasteiger partial charge on any atom is 0.211 e. The van der Waals surface area contributed by atoms with Crippen LogP contribution in [0.15, 0.2) is 30.3 Å². The second-order valence-corrected chi connectivity index (χ2v) is 10.6. The molecule has 0 amide bonds. The van der Waals surface area contributed by atoms with E-state index >= 15 is 0 Å². The number of rotatable bonds is 3. The summed E-state index contributed by atoms with van der Waals surface area (Å²) in [5, 5.41) is 0. The quantitative estimate of drug-likeness (QED) is 0.824. The van der Waals surface area contributed by atoms with Crippen molar-refractivity contribution in [3.8, 4) is 0 Å². The molecule has 0 aliphatic carbocycles. The maximum absolute atomic E-state index is 12.3. The minimum absolute atomic E-state index is 0.00849. The third kappa shape index (κ3) is 3.14. The molecule has 24 heavy (non-hydrogen) atoms. The Morgan fingerprint density at radius 1 is 1.04 bits per heavy atom. The Balaban J connectivity index is 1.59. The van der Waals surface area contributed by atoms with E-state index in [0.29, 0.717) is 24.4 Å². The van der Waals surface area contributed by atoms with Crippen molar-refractivity contribution >= 4 is 21.8 Å². The van der Waals surface area contributed by atoms with Crippen LogP contribution in [0.3, 0.4) is 0 Å². The number of fused-ring (bicyclic) bond motifs is 1. The summed E-state index contributed by atoms with van der Waals surface area (Å²) in [6.07, 6.45) is 3.94. The Morgan fingerprint density at radius 2 is 1.75 bits per heavy atom. The first-order chi connectivity index (χ1) is 11.5. The number of benzene rings is 1. The van der Waals surface area contributed by atoms with Crippen LogP contribution in [0, 0.1) is 11.8 Å². The highest BCUT2D eigenvalue weighted by Crippen LogP contribution is 2.47. The van der Waals surface area contributed by atoms with Crippen LogP contribution in [-0.4, -0.2) is 61.1 Å². The maximum atomic E-state index is 12.3. The van der Waals surface area contributed by atoms with Gasteiger partial charge in [-0.15, -0.1) is 0 Å². The Kier molecular flexibility index (Phi) is 4.67. The minimum Gasteiger partial charge on any atom is -0.300 e. The zero-order valence-electron chi connectivity index (χ0n) is 14.2. The molecule has 132 valence electrons. The summed E-state index contributed by atoms with van der Waals surface area (Å²) in [5.74, 6) is 3.44. The molecule has 0 aromatic heterocycles. The zero-order valence-corrected chi connectivity index (χ0v) is 15.8. The standard InChI is InChI=1S/C18H26N2O2S2/c1-24(21,22)20-12-15-11-19(16-7-9-23-10-8-16)13-17(15)18(20)14-5-3-2-4-6-14/h2-6,15-18H,7-13H2,1H3/t15-,17-,18+/m1/s1. The molecule has 0 unspecified atom stereocenters. The second kappa shape index (κ2) is 6.63. The van der Waals surface area contributed by atoms with E-state index in [1.807, 2.05) is 18.2 Å². The molecule has 0 radical (unpaired) electrons. The normalized spacial score (nSPS) is 33.0. The van der Waals surface area contributed by atoms with Crippen molar-refractivity contribution in [3.63, 3.8) is 0 Å². The third-order valence-electron chi connectivity index (χ3n) is 5.92. The summed E-state index contributed by atoms with van der Waals surface area (Å²) >= 11 is 2.07. The van der Waals surface area contributed by atoms with E-state index in [1.165, 1.54) is 30.6 Å². The van der Waals surface area contributed by atoms with E-state index < -0.39 is 10.0 Å². The predicted molar refractivity (Wildman–Crippen MR) is 99.6 cm³/mol. The third-order valence-corrected chi connectivity index (χ3v) is 8.20. The van der Waals surface area contributed by atoms with Gasteiger partial charge in [0.2, 0.25) is 10.0 Å². The van der Waals surface area contributed by atoms with Crippen LogP contribution in [-0.2, 0) is 10.0 Å². The van der Waals surface area contributed by atoms with Crippen LogP contribution in [0.2, 0.25) is 0 Å². The van der Waals surface area contributed by atoms with Gasteiger partial charge >= 0.3 is 0 Å². The molecule has 3 saturated heterocycles. The number of hydrogen-bond acceptors (Lipinski definition) is 4. The van der Waals surface area contributed by atoms with Crippen LogP contribution in [0.5, 0.6) is 0 Å². The highest BCUT2D eigenvalue weighted by atomic mass is 32.2. The van der Waals surface area contributed by atoms with Crippen LogP contribution in [0.25, 0.3) is 0 Å². The number of nitrogens with zero attached hydrogens (tertiary/aromatic N) is 2. The van der Waals surface area contributed by atoms with E-state index in [1.54, 1.807) is 4.31 Å². The highest BCUT2D eigenvalue weighted by molar-refractivity contribution is 7.99. The van der Waals surface area contributed by atoms with Gasteiger partial charge in [0.05, 0.1) is 12.3 Å². The molecule has 3 aliphatic rings. The number of likely N-dealkylation sites (tertiary alicyclic amines) is 1. The lowest BCUT2D eigenvalue weighted by Gasteiger charge is -2.33. The summed E-state index contributed by atoms with van der Waals surface area (Å²) in [5.41, 5.74) is 1.15. The molecule has 3 atom stereocenters. The first-order valence-electron chi connectivity index (χ1n) is 8.87. The van der Waals surface area contributed by atoms with Gasteiger partial charge in [-0.05, 0) is 41.7 Å². The minimum atomic E-state index is -3.17. The number of hydrogen-bond donors (Lipinski definition) is 0. The van der Waals surface area contributed by atoms with Crippen molar-refractivity contribution in [2.24, 2.45) is 11.8 Å². The Morgan fingerprint density at radius 3 is 2.42 bits per heavy atom. The molecule has 0 spiro atoms. The number of sulfonamides is 1. The van der Waals surface area contributed by atoms with Gasteiger partial charge in [-0.25, -0.2) is 8.42 Å². The first kappa shape index (κ1) is 16.9. The zero-order chi connectivity index (χ0) is 16.7. The lowest BCUT2D eigenvalue weighted by Crippen LogP contribution is -2.40. The Bertz CT molecular complexity index is 674. The van der Waals surface area contributed by atoms with E-state index in [4.69, 9.17) is 0 Å². The van der Waals surface area contributed by atoms with Gasteiger partial charge in [0, 0.05) is 25.7 Å². The predicted octanol–water partition coefficient (Wildman–Crippen LogP) is 2.45. The van der Waals surface area contributed by atoms with E-state index in [2.05, 4.69) is 28.8 Å². The molecular formula is C18H26N2O2S2. The molecule has 0 N–H and O–H groups in total. The first-order valence-corrected chi connectivity index (χ1v) is 11.9. The van der Waals surface area contributed by atoms with Gasteiger partial charge in [-0.3, -0.25) is 4.90 Å². The number of thioether (sulfide) groups is 1. The van der Waals surface area contributed by atoms with Gasteiger partial charge in [0.1, 0.15) is 0 Å². The van der Waals surface area contributed by atoms with Crippen molar-refractivity contribution in [1.82, 2.24) is 9.21 Å². The molecule has 1 aromatic rings. The van der Waals surface area contributed by atoms with Gasteiger partial charge < -0.3 is 0 Å². The summed E-state index contributed by atoms with van der Waals surface area (Å²) in [6, 6.07) is 10.9. The smallest absolute Gasteiger partial charge is 0.211 e. The van der Waals surface area contributed by atoms with Crippen molar-refractivity contribution in [2.75, 3.05) is 37.4 Å². The van der Waals surface area contributed by atoms with Crippen LogP contribution in [0.4, 0.5) is 0 Å². The van der Waals surface area contributed by atoms with Crippen LogP contribution < -0.4 is 0 Å². The fourth-order valence-electron chi connectivity index (χ4n) is 4.79. The van der Waals surface area contributed by atoms with Crippen LogP contribution >= 0.6 is 11.8 Å². The molecule has 6 heteroatoms. The average Bonchev–Trinajstić information content (AvgIpc) is 3.14. The SMILES string of the molecule is CS(=O)(=O)N1C[C@H]2CN(C3CCSCC3)C[C@H]2[C@@H]1c1ccccc1. The summed E-state index contributed by atoms with van der Waals surface area (Å²) in [4.78, 5) is 2.66. The van der Waals surface area contributed by atoms with E-state index in [0.717, 1.165) is 18.7 Å². The molecule has 4 rings (SSSR count). The second-order valence-electron chi connectivity index (χ2n) is 7.41. The molecule has 1 aromatic carbocycles. The van der Waals surface area contributed by atoms with Crippen molar-refractivity contribution in [1.29, 1.82) is 0 Å². The monoisotopic (exact) mass is 366 g/mol. The molecule has 4 nitrogen and oxygen atoms in total. The molecule has 3 fully saturated rings. The van der Waals surface area contributed by atoms with Gasteiger partial charge in [0.25, 0.3) is 0 Å². The Hall–Kier alpha value is -0.560. The largest absolute Gasteiger partial charge is 0.300 e. The lowest BCUT2D eigenvalue weighted by atomic mass is 9.90. The van der Waals surface area contributed by atoms with E-state index in [-0.39, 0.29) is 6.04 Å². The molecule has 0 saturated carbocycles. The fourth-order valence-corrected chi connectivity index (χ4v) is 7.03. The molecule has 3 heterocycles. The Labute approximate surface area is 149 Å². The van der Waals surface area contributed by atoms with Gasteiger partial charge in [-0.2, -0.15) is 16.1 Å². The van der Waals surface area contributed by atoms with E-state index in [9.17, 15) is 8.42 Å². The average molecular weight is 367 g/mol. The molecule has 3 aliphatic heterocycles. The highest BCUT2D eigenvalue weighted by Gasteiger charge is 2.51. The molecule has 0 bridgehead atoms. The molecular weight excluding hydrogens is 340 g/mol. The van der Waals surface area contributed by atoms with Crippen molar-refractivity contribution in [3.05, 3.63) is 35.9 Å². The van der Waals surface area contributed by atoms with Crippen LogP contribution in [0.1, 0.15) is 24.4 Å². The van der Waals surface area contributed by atoms with Gasteiger partial charge in [-0.1, -0.05) is 30.3 Å². The lowest BCUT2D eigenvalue weighted by molar-refractivity contribution is 0.195. The summed E-state index contributed by atoms with van der Waals surface area (Å²) in [6.45, 7) is 2.79. The van der Waals surface area contributed by atoms with Crippen molar-refractivity contribution < 1.29 is 8.42 Å². The summed E-state index contributed by atoms with van der Waals surface area (Å²) in [7, 11) is -3.17. The topological polar surface area (TPSA) is 40.6 Å².